The van der Waals surface area contributed by atoms with Crippen LogP contribution in [0.15, 0.2) is 29.2 Å². The minimum absolute atomic E-state index is 0.0802. The first-order valence-corrected chi connectivity index (χ1v) is 7.00. The summed E-state index contributed by atoms with van der Waals surface area (Å²) < 4.78 is 24.2. The van der Waals surface area contributed by atoms with E-state index in [1.54, 1.807) is 19.1 Å². The van der Waals surface area contributed by atoms with E-state index in [9.17, 15) is 13.5 Å². The number of aliphatic hydroxyl groups is 1. The molecular formula is C11H15ClO3S. The van der Waals surface area contributed by atoms with E-state index in [1.807, 2.05) is 0 Å². The van der Waals surface area contributed by atoms with Gasteiger partial charge in [-0.05, 0) is 25.5 Å². The minimum Gasteiger partial charge on any atom is -0.392 e. The highest BCUT2D eigenvalue weighted by atomic mass is 35.5. The highest BCUT2D eigenvalue weighted by Crippen LogP contribution is 2.26. The van der Waals surface area contributed by atoms with Gasteiger partial charge in [0.05, 0.1) is 21.3 Å². The van der Waals surface area contributed by atoms with Crippen LogP contribution in [0.3, 0.4) is 0 Å². The van der Waals surface area contributed by atoms with Crippen LogP contribution in [0.1, 0.15) is 20.3 Å². The molecule has 3 nitrogen and oxygen atoms in total. The Hall–Kier alpha value is -0.580. The maximum Gasteiger partial charge on any atom is 0.184 e. The molecule has 0 aliphatic rings. The van der Waals surface area contributed by atoms with Gasteiger partial charge in [-0.2, -0.15) is 0 Å². The highest BCUT2D eigenvalue weighted by Gasteiger charge is 2.30. The molecule has 0 saturated carbocycles. The maximum atomic E-state index is 12.1. The lowest BCUT2D eigenvalue weighted by Crippen LogP contribution is -2.31. The summed E-state index contributed by atoms with van der Waals surface area (Å²) in [5.74, 6) is 0. The van der Waals surface area contributed by atoms with Crippen molar-refractivity contribution in [1.82, 2.24) is 0 Å². The van der Waals surface area contributed by atoms with E-state index in [1.165, 1.54) is 19.1 Å². The number of halogens is 1. The molecule has 0 heterocycles. The first kappa shape index (κ1) is 13.5. The Balaban J connectivity index is 3.17. The van der Waals surface area contributed by atoms with E-state index in [2.05, 4.69) is 0 Å². The maximum absolute atomic E-state index is 12.1. The van der Waals surface area contributed by atoms with Crippen molar-refractivity contribution in [2.24, 2.45) is 0 Å². The normalized spacial score (nSPS) is 15.8. The lowest BCUT2D eigenvalue weighted by molar-refractivity contribution is 0.168. The van der Waals surface area contributed by atoms with E-state index < -0.39 is 21.2 Å². The van der Waals surface area contributed by atoms with Crippen LogP contribution in [0.4, 0.5) is 0 Å². The fraction of sp³-hybridized carbons (Fsp3) is 0.455. The third-order valence-electron chi connectivity index (χ3n) is 2.59. The van der Waals surface area contributed by atoms with E-state index >= 15 is 0 Å². The zero-order chi connectivity index (χ0) is 12.3. The smallest absolute Gasteiger partial charge is 0.184 e. The van der Waals surface area contributed by atoms with Crippen molar-refractivity contribution in [2.75, 3.05) is 0 Å². The Morgan fingerprint density at radius 2 is 1.94 bits per heavy atom. The second-order valence-electron chi connectivity index (χ2n) is 3.66. The van der Waals surface area contributed by atoms with Gasteiger partial charge in [-0.25, -0.2) is 8.42 Å². The third kappa shape index (κ3) is 2.56. The second kappa shape index (κ2) is 5.17. The first-order chi connectivity index (χ1) is 7.41. The molecule has 0 aliphatic carbocycles. The summed E-state index contributed by atoms with van der Waals surface area (Å²) in [5.41, 5.74) is 0. The van der Waals surface area contributed by atoms with Gasteiger partial charge in [0.15, 0.2) is 9.84 Å². The SMILES string of the molecule is CCC(O)C(C)S(=O)(=O)c1ccccc1Cl. The summed E-state index contributed by atoms with van der Waals surface area (Å²) in [4.78, 5) is 0.0802. The van der Waals surface area contributed by atoms with Crippen LogP contribution >= 0.6 is 11.6 Å². The molecule has 0 aliphatic heterocycles. The molecule has 1 rings (SSSR count). The van der Waals surface area contributed by atoms with Gasteiger partial charge in [0.25, 0.3) is 0 Å². The van der Waals surface area contributed by atoms with Gasteiger partial charge in [0.1, 0.15) is 0 Å². The average molecular weight is 263 g/mol. The molecule has 5 heteroatoms. The fourth-order valence-electron chi connectivity index (χ4n) is 1.41. The molecule has 0 saturated heterocycles. The molecule has 90 valence electrons. The van der Waals surface area contributed by atoms with Gasteiger partial charge in [0.2, 0.25) is 0 Å². The van der Waals surface area contributed by atoms with Crippen LogP contribution in [0.5, 0.6) is 0 Å². The van der Waals surface area contributed by atoms with E-state index in [4.69, 9.17) is 11.6 Å². The summed E-state index contributed by atoms with van der Waals surface area (Å²) >= 11 is 5.84. The van der Waals surface area contributed by atoms with Crippen molar-refractivity contribution in [3.63, 3.8) is 0 Å². The molecule has 0 spiro atoms. The quantitative estimate of drug-likeness (QED) is 0.906. The van der Waals surface area contributed by atoms with E-state index in [0.29, 0.717) is 6.42 Å². The Kier molecular flexibility index (Phi) is 4.35. The molecule has 0 amide bonds. The van der Waals surface area contributed by atoms with Crippen LogP contribution in [-0.2, 0) is 9.84 Å². The lowest BCUT2D eigenvalue weighted by Gasteiger charge is -2.18. The van der Waals surface area contributed by atoms with Gasteiger partial charge in [-0.3, -0.25) is 0 Å². The Bertz CT molecular complexity index is 456. The predicted octanol–water partition coefficient (Wildman–Crippen LogP) is 2.27. The van der Waals surface area contributed by atoms with Gasteiger partial charge < -0.3 is 5.11 Å². The summed E-state index contributed by atoms with van der Waals surface area (Å²) in [7, 11) is -3.56. The Morgan fingerprint density at radius 1 is 1.38 bits per heavy atom. The molecule has 1 aromatic carbocycles. The zero-order valence-corrected chi connectivity index (χ0v) is 10.8. The van der Waals surface area contributed by atoms with Crippen LogP contribution in [0.25, 0.3) is 0 Å². The summed E-state index contributed by atoms with van der Waals surface area (Å²) in [5, 5.41) is 8.93. The van der Waals surface area contributed by atoms with Crippen LogP contribution < -0.4 is 0 Å². The molecule has 2 unspecified atom stereocenters. The molecule has 0 bridgehead atoms. The first-order valence-electron chi connectivity index (χ1n) is 5.07. The highest BCUT2D eigenvalue weighted by molar-refractivity contribution is 7.92. The number of benzene rings is 1. The summed E-state index contributed by atoms with van der Waals surface area (Å²) in [6.45, 7) is 3.23. The largest absolute Gasteiger partial charge is 0.392 e. The van der Waals surface area contributed by atoms with Crippen LogP contribution in [0, 0.1) is 0 Å². The van der Waals surface area contributed by atoms with E-state index in [0.717, 1.165) is 0 Å². The predicted molar refractivity (Wildman–Crippen MR) is 64.4 cm³/mol. The van der Waals surface area contributed by atoms with Crippen molar-refractivity contribution in [2.45, 2.75) is 36.5 Å². The van der Waals surface area contributed by atoms with Crippen LogP contribution in [-0.4, -0.2) is 24.9 Å². The third-order valence-corrected chi connectivity index (χ3v) is 5.30. The van der Waals surface area contributed by atoms with Crippen LogP contribution in [0.2, 0.25) is 5.02 Å². The zero-order valence-electron chi connectivity index (χ0n) is 9.22. The lowest BCUT2D eigenvalue weighted by atomic mass is 10.2. The monoisotopic (exact) mass is 262 g/mol. The molecule has 0 aromatic heterocycles. The molecule has 0 radical (unpaired) electrons. The average Bonchev–Trinajstić information content (AvgIpc) is 2.27. The van der Waals surface area contributed by atoms with Crippen molar-refractivity contribution in [3.05, 3.63) is 29.3 Å². The number of hydrogen-bond acceptors (Lipinski definition) is 3. The fourth-order valence-corrected chi connectivity index (χ4v) is 3.49. The van der Waals surface area contributed by atoms with Gasteiger partial charge in [0, 0.05) is 0 Å². The Labute approximate surface area is 101 Å². The minimum atomic E-state index is -3.56. The van der Waals surface area contributed by atoms with Crippen molar-refractivity contribution >= 4 is 21.4 Å². The molecule has 2 atom stereocenters. The van der Waals surface area contributed by atoms with E-state index in [-0.39, 0.29) is 9.92 Å². The summed E-state index contributed by atoms with van der Waals surface area (Å²) in [6.07, 6.45) is -0.480. The summed E-state index contributed by atoms with van der Waals surface area (Å²) in [6, 6.07) is 6.27. The van der Waals surface area contributed by atoms with Gasteiger partial charge in [-0.15, -0.1) is 0 Å². The number of aliphatic hydroxyl groups excluding tert-OH is 1. The number of rotatable bonds is 4. The van der Waals surface area contributed by atoms with Crippen molar-refractivity contribution in [3.8, 4) is 0 Å². The topological polar surface area (TPSA) is 54.4 Å². The number of sulfone groups is 1. The second-order valence-corrected chi connectivity index (χ2v) is 6.34. The molecule has 16 heavy (non-hydrogen) atoms. The van der Waals surface area contributed by atoms with Gasteiger partial charge in [-0.1, -0.05) is 30.7 Å². The van der Waals surface area contributed by atoms with Crippen molar-refractivity contribution in [1.29, 1.82) is 0 Å². The molecular weight excluding hydrogens is 248 g/mol. The van der Waals surface area contributed by atoms with Gasteiger partial charge >= 0.3 is 0 Å². The van der Waals surface area contributed by atoms with Crippen molar-refractivity contribution < 1.29 is 13.5 Å². The molecule has 0 fully saturated rings. The standard InChI is InChI=1S/C11H15ClO3S/c1-3-10(13)8(2)16(14,15)11-7-5-4-6-9(11)12/h4-8,10,13H,3H2,1-2H3. The number of hydrogen-bond donors (Lipinski definition) is 1. The Morgan fingerprint density at radius 3 is 2.44 bits per heavy atom. The molecule has 1 N–H and O–H groups in total. The molecule has 1 aromatic rings.